The van der Waals surface area contributed by atoms with Gasteiger partial charge in [0.05, 0.1) is 22.7 Å². The smallest absolute Gasteiger partial charge is 0.262 e. The predicted octanol–water partition coefficient (Wildman–Crippen LogP) is 4.01. The van der Waals surface area contributed by atoms with E-state index >= 15 is 0 Å². The van der Waals surface area contributed by atoms with Gasteiger partial charge in [0.1, 0.15) is 0 Å². The van der Waals surface area contributed by atoms with Gasteiger partial charge in [-0.3, -0.25) is 14.2 Å². The van der Waals surface area contributed by atoms with Crippen molar-refractivity contribution in [2.75, 3.05) is 5.75 Å². The van der Waals surface area contributed by atoms with Crippen molar-refractivity contribution in [3.63, 3.8) is 0 Å². The summed E-state index contributed by atoms with van der Waals surface area (Å²) in [6.07, 6.45) is 0. The van der Waals surface area contributed by atoms with Crippen molar-refractivity contribution in [2.45, 2.75) is 44.4 Å². The first-order chi connectivity index (χ1) is 13.3. The highest BCUT2D eigenvalue weighted by molar-refractivity contribution is 7.99. The number of para-hydroxylation sites is 1. The minimum Gasteiger partial charge on any atom is -0.351 e. The van der Waals surface area contributed by atoms with Crippen LogP contribution in [0.4, 0.5) is 0 Å². The summed E-state index contributed by atoms with van der Waals surface area (Å²) in [6.45, 7) is 7.80. The summed E-state index contributed by atoms with van der Waals surface area (Å²) in [6, 6.07) is 17.0. The van der Waals surface area contributed by atoms with Gasteiger partial charge in [-0.05, 0) is 45.4 Å². The van der Waals surface area contributed by atoms with Crippen molar-refractivity contribution in [1.82, 2.24) is 14.9 Å². The number of benzene rings is 2. The SMILES string of the molecule is C[C@@H](c1ccccc1)n1c(SCC(=O)NC(C)(C)C)nc2ccccc2c1=O. The second kappa shape index (κ2) is 8.19. The zero-order chi connectivity index (χ0) is 20.3. The summed E-state index contributed by atoms with van der Waals surface area (Å²) in [7, 11) is 0. The molecule has 1 aromatic heterocycles. The Hall–Kier alpha value is -2.60. The molecule has 28 heavy (non-hydrogen) atoms. The van der Waals surface area contributed by atoms with E-state index in [1.54, 1.807) is 10.6 Å². The first-order valence-electron chi connectivity index (χ1n) is 9.26. The molecule has 1 N–H and O–H groups in total. The molecule has 1 amide bonds. The molecule has 1 atom stereocenters. The molecule has 2 aromatic carbocycles. The zero-order valence-electron chi connectivity index (χ0n) is 16.6. The van der Waals surface area contributed by atoms with Crippen LogP contribution in [0.3, 0.4) is 0 Å². The van der Waals surface area contributed by atoms with Gasteiger partial charge in [-0.15, -0.1) is 0 Å². The molecule has 0 fully saturated rings. The minimum atomic E-state index is -0.300. The molecule has 3 aromatic rings. The Bertz CT molecular complexity index is 1040. The molecular weight excluding hydrogens is 370 g/mol. The third kappa shape index (κ3) is 4.62. The molecule has 0 aliphatic heterocycles. The van der Waals surface area contributed by atoms with Gasteiger partial charge in [0.25, 0.3) is 5.56 Å². The lowest BCUT2D eigenvalue weighted by molar-refractivity contribution is -0.119. The van der Waals surface area contributed by atoms with Crippen LogP contribution >= 0.6 is 11.8 Å². The fraction of sp³-hybridized carbons (Fsp3) is 0.318. The number of aromatic nitrogens is 2. The largest absolute Gasteiger partial charge is 0.351 e. The van der Waals surface area contributed by atoms with Crippen LogP contribution in [0.2, 0.25) is 0 Å². The quantitative estimate of drug-likeness (QED) is 0.524. The van der Waals surface area contributed by atoms with Crippen LogP contribution < -0.4 is 10.9 Å². The van der Waals surface area contributed by atoms with Crippen molar-refractivity contribution >= 4 is 28.6 Å². The number of hydrogen-bond acceptors (Lipinski definition) is 4. The molecule has 0 unspecified atom stereocenters. The van der Waals surface area contributed by atoms with Gasteiger partial charge in [-0.2, -0.15) is 0 Å². The average molecular weight is 396 g/mol. The Morgan fingerprint density at radius 2 is 1.75 bits per heavy atom. The van der Waals surface area contributed by atoms with E-state index in [1.807, 2.05) is 76.2 Å². The lowest BCUT2D eigenvalue weighted by atomic mass is 10.1. The third-order valence-electron chi connectivity index (χ3n) is 4.29. The van der Waals surface area contributed by atoms with E-state index in [1.165, 1.54) is 11.8 Å². The van der Waals surface area contributed by atoms with E-state index in [-0.39, 0.29) is 28.8 Å². The molecule has 3 rings (SSSR count). The second-order valence-corrected chi connectivity index (χ2v) is 8.70. The lowest BCUT2D eigenvalue weighted by Gasteiger charge is -2.22. The van der Waals surface area contributed by atoms with Crippen LogP contribution in [-0.4, -0.2) is 26.8 Å². The summed E-state index contributed by atoms with van der Waals surface area (Å²) in [5, 5.41) is 4.07. The van der Waals surface area contributed by atoms with Gasteiger partial charge in [0, 0.05) is 5.54 Å². The van der Waals surface area contributed by atoms with Gasteiger partial charge in [0.15, 0.2) is 5.16 Å². The van der Waals surface area contributed by atoms with Crippen LogP contribution in [0, 0.1) is 0 Å². The Labute approximate surface area is 169 Å². The summed E-state index contributed by atoms with van der Waals surface area (Å²) in [5.41, 5.74) is 1.26. The summed E-state index contributed by atoms with van der Waals surface area (Å²) >= 11 is 1.29. The molecule has 0 spiro atoms. The fourth-order valence-electron chi connectivity index (χ4n) is 3.03. The lowest BCUT2D eigenvalue weighted by Crippen LogP contribution is -2.41. The number of carbonyl (C=O) groups is 1. The van der Waals surface area contributed by atoms with Gasteiger partial charge in [-0.1, -0.05) is 54.2 Å². The number of rotatable bonds is 5. The van der Waals surface area contributed by atoms with Crippen LogP contribution in [0.1, 0.15) is 39.3 Å². The number of hydrogen-bond donors (Lipinski definition) is 1. The minimum absolute atomic E-state index is 0.0844. The first-order valence-corrected chi connectivity index (χ1v) is 10.2. The van der Waals surface area contributed by atoms with E-state index in [4.69, 9.17) is 4.98 Å². The number of carbonyl (C=O) groups excluding carboxylic acids is 1. The second-order valence-electron chi connectivity index (χ2n) is 7.76. The number of nitrogens with zero attached hydrogens (tertiary/aromatic N) is 2. The van der Waals surface area contributed by atoms with Crippen molar-refractivity contribution in [3.8, 4) is 0 Å². The standard InChI is InChI=1S/C22H25N3O2S/c1-15(16-10-6-5-7-11-16)25-20(27)17-12-8-9-13-18(17)23-21(25)28-14-19(26)24-22(2,3)4/h5-13,15H,14H2,1-4H3,(H,24,26)/t15-/m0/s1. The van der Waals surface area contributed by atoms with E-state index in [0.29, 0.717) is 16.1 Å². The molecule has 0 saturated heterocycles. The van der Waals surface area contributed by atoms with Crippen molar-refractivity contribution < 1.29 is 4.79 Å². The van der Waals surface area contributed by atoms with E-state index in [2.05, 4.69) is 5.32 Å². The highest BCUT2D eigenvalue weighted by Gasteiger charge is 2.20. The first kappa shape index (κ1) is 20.1. The van der Waals surface area contributed by atoms with Crippen LogP contribution in [0.5, 0.6) is 0 Å². The Morgan fingerprint density at radius 3 is 2.43 bits per heavy atom. The van der Waals surface area contributed by atoms with E-state index < -0.39 is 0 Å². The molecule has 1 heterocycles. The summed E-state index contributed by atoms with van der Waals surface area (Å²) in [4.78, 5) is 30.2. The number of amides is 1. The van der Waals surface area contributed by atoms with Gasteiger partial charge in [-0.25, -0.2) is 4.98 Å². The van der Waals surface area contributed by atoms with Gasteiger partial charge < -0.3 is 5.32 Å². The zero-order valence-corrected chi connectivity index (χ0v) is 17.4. The highest BCUT2D eigenvalue weighted by atomic mass is 32.2. The molecule has 0 saturated carbocycles. The summed E-state index contributed by atoms with van der Waals surface area (Å²) < 4.78 is 1.69. The molecule has 6 heteroatoms. The number of nitrogens with one attached hydrogen (secondary N) is 1. The molecule has 146 valence electrons. The Morgan fingerprint density at radius 1 is 1.11 bits per heavy atom. The third-order valence-corrected chi connectivity index (χ3v) is 5.24. The van der Waals surface area contributed by atoms with E-state index in [0.717, 1.165) is 5.56 Å². The topological polar surface area (TPSA) is 64.0 Å². The average Bonchev–Trinajstić information content (AvgIpc) is 2.65. The highest BCUT2D eigenvalue weighted by Crippen LogP contribution is 2.24. The Kier molecular flexibility index (Phi) is 5.89. The van der Waals surface area contributed by atoms with Crippen LogP contribution in [0.25, 0.3) is 10.9 Å². The number of fused-ring (bicyclic) bond motifs is 1. The molecule has 0 bridgehead atoms. The predicted molar refractivity (Wildman–Crippen MR) is 115 cm³/mol. The van der Waals surface area contributed by atoms with Crippen molar-refractivity contribution in [2.24, 2.45) is 0 Å². The normalized spacial score (nSPS) is 12.7. The molecular formula is C22H25N3O2S. The number of thioether (sulfide) groups is 1. The van der Waals surface area contributed by atoms with Gasteiger partial charge >= 0.3 is 0 Å². The van der Waals surface area contributed by atoms with E-state index in [9.17, 15) is 9.59 Å². The maximum atomic E-state index is 13.2. The van der Waals surface area contributed by atoms with Crippen LogP contribution in [-0.2, 0) is 4.79 Å². The maximum absolute atomic E-state index is 13.2. The molecule has 0 aliphatic carbocycles. The maximum Gasteiger partial charge on any atom is 0.262 e. The molecule has 5 nitrogen and oxygen atoms in total. The van der Waals surface area contributed by atoms with Crippen LogP contribution in [0.15, 0.2) is 64.5 Å². The summed E-state index contributed by atoms with van der Waals surface area (Å²) in [5.74, 6) is 0.114. The molecule has 0 radical (unpaired) electrons. The van der Waals surface area contributed by atoms with Crippen molar-refractivity contribution in [3.05, 3.63) is 70.5 Å². The fourth-order valence-corrected chi connectivity index (χ4v) is 3.91. The molecule has 0 aliphatic rings. The van der Waals surface area contributed by atoms with Gasteiger partial charge in [0.2, 0.25) is 5.91 Å². The Balaban J connectivity index is 2.02. The monoisotopic (exact) mass is 395 g/mol. The van der Waals surface area contributed by atoms with Crippen molar-refractivity contribution in [1.29, 1.82) is 0 Å².